The second-order valence-electron chi connectivity index (χ2n) is 5.54. The number of halogens is 1. The second-order valence-corrected chi connectivity index (χ2v) is 6.86. The SMILES string of the molecule is O=C(OCc1ccccc1)N1CCc2c(cccc2S(=O)(=O)F)C1. The van der Waals surface area contributed by atoms with Gasteiger partial charge in [-0.3, -0.25) is 0 Å². The largest absolute Gasteiger partial charge is 0.445 e. The van der Waals surface area contributed by atoms with Crippen LogP contribution in [0, 0.1) is 0 Å². The molecule has 0 saturated carbocycles. The highest BCUT2D eigenvalue weighted by atomic mass is 32.3. The predicted molar refractivity (Wildman–Crippen MR) is 85.5 cm³/mol. The Morgan fingerprint density at radius 1 is 1.12 bits per heavy atom. The van der Waals surface area contributed by atoms with E-state index in [1.165, 1.54) is 17.0 Å². The zero-order valence-corrected chi connectivity index (χ0v) is 13.6. The van der Waals surface area contributed by atoms with Crippen LogP contribution in [0.2, 0.25) is 0 Å². The maximum absolute atomic E-state index is 13.3. The van der Waals surface area contributed by atoms with Crippen LogP contribution in [-0.2, 0) is 34.5 Å². The third kappa shape index (κ3) is 3.56. The van der Waals surface area contributed by atoms with Gasteiger partial charge < -0.3 is 9.64 Å². The van der Waals surface area contributed by atoms with Crippen LogP contribution in [0.3, 0.4) is 0 Å². The van der Waals surface area contributed by atoms with Crippen LogP contribution < -0.4 is 0 Å². The fraction of sp³-hybridized carbons (Fsp3) is 0.235. The number of benzene rings is 2. The minimum absolute atomic E-state index is 0.169. The molecule has 0 N–H and O–H groups in total. The van der Waals surface area contributed by atoms with Crippen LogP contribution >= 0.6 is 0 Å². The summed E-state index contributed by atoms with van der Waals surface area (Å²) in [6, 6.07) is 13.7. The Morgan fingerprint density at radius 2 is 1.88 bits per heavy atom. The van der Waals surface area contributed by atoms with Gasteiger partial charge >= 0.3 is 16.3 Å². The number of carbonyl (C=O) groups is 1. The zero-order valence-electron chi connectivity index (χ0n) is 12.8. The van der Waals surface area contributed by atoms with Crippen LogP contribution in [0.4, 0.5) is 8.68 Å². The molecule has 7 heteroatoms. The molecule has 0 unspecified atom stereocenters. The first-order valence-electron chi connectivity index (χ1n) is 7.46. The van der Waals surface area contributed by atoms with Crippen molar-refractivity contribution in [3.63, 3.8) is 0 Å². The first kappa shape index (κ1) is 16.4. The van der Waals surface area contributed by atoms with Crippen molar-refractivity contribution < 1.29 is 21.8 Å². The maximum atomic E-state index is 13.3. The number of fused-ring (bicyclic) bond motifs is 1. The monoisotopic (exact) mass is 349 g/mol. The minimum atomic E-state index is -4.76. The van der Waals surface area contributed by atoms with Crippen molar-refractivity contribution in [2.45, 2.75) is 24.5 Å². The molecule has 1 amide bonds. The Kier molecular flexibility index (Phi) is 4.53. The van der Waals surface area contributed by atoms with Gasteiger partial charge in [-0.2, -0.15) is 8.42 Å². The molecular weight excluding hydrogens is 333 g/mol. The van der Waals surface area contributed by atoms with E-state index in [4.69, 9.17) is 4.74 Å². The fourth-order valence-electron chi connectivity index (χ4n) is 2.77. The molecular formula is C17H16FNO4S. The van der Waals surface area contributed by atoms with E-state index in [0.29, 0.717) is 11.1 Å². The normalized spacial score (nSPS) is 14.1. The summed E-state index contributed by atoms with van der Waals surface area (Å²) in [7, 11) is -4.76. The van der Waals surface area contributed by atoms with Gasteiger partial charge in [-0.05, 0) is 29.2 Å². The summed E-state index contributed by atoms with van der Waals surface area (Å²) in [5.74, 6) is 0. The van der Waals surface area contributed by atoms with Gasteiger partial charge in [0.2, 0.25) is 0 Å². The van der Waals surface area contributed by atoms with E-state index >= 15 is 0 Å². The Hall–Kier alpha value is -2.41. The van der Waals surface area contributed by atoms with Crippen molar-refractivity contribution in [1.29, 1.82) is 0 Å². The molecule has 3 rings (SSSR count). The molecule has 24 heavy (non-hydrogen) atoms. The molecule has 0 spiro atoms. The van der Waals surface area contributed by atoms with E-state index in [1.807, 2.05) is 30.3 Å². The Balaban J connectivity index is 1.70. The number of amides is 1. The summed E-state index contributed by atoms with van der Waals surface area (Å²) in [5, 5.41) is 0. The quantitative estimate of drug-likeness (QED) is 0.799. The summed E-state index contributed by atoms with van der Waals surface area (Å²) < 4.78 is 41.0. The summed E-state index contributed by atoms with van der Waals surface area (Å²) in [6.45, 7) is 0.654. The Morgan fingerprint density at radius 3 is 2.58 bits per heavy atom. The van der Waals surface area contributed by atoms with Crippen LogP contribution in [-0.4, -0.2) is 26.0 Å². The number of carbonyl (C=O) groups excluding carboxylic acids is 1. The van der Waals surface area contributed by atoms with Crippen LogP contribution in [0.1, 0.15) is 16.7 Å². The lowest BCUT2D eigenvalue weighted by Gasteiger charge is -2.28. The molecule has 0 radical (unpaired) electrons. The van der Waals surface area contributed by atoms with Crippen molar-refractivity contribution >= 4 is 16.3 Å². The highest BCUT2D eigenvalue weighted by Gasteiger charge is 2.27. The fourth-order valence-corrected chi connectivity index (χ4v) is 3.54. The number of hydrogen-bond acceptors (Lipinski definition) is 4. The van der Waals surface area contributed by atoms with Gasteiger partial charge in [0.25, 0.3) is 0 Å². The van der Waals surface area contributed by atoms with Crippen LogP contribution in [0.15, 0.2) is 53.4 Å². The molecule has 0 saturated heterocycles. The summed E-state index contributed by atoms with van der Waals surface area (Å²) in [4.78, 5) is 13.4. The van der Waals surface area contributed by atoms with Gasteiger partial charge in [0.15, 0.2) is 0 Å². The van der Waals surface area contributed by atoms with Gasteiger partial charge in [0.05, 0.1) is 0 Å². The lowest BCUT2D eigenvalue weighted by atomic mass is 10.0. The summed E-state index contributed by atoms with van der Waals surface area (Å²) in [5.41, 5.74) is 1.94. The molecule has 1 heterocycles. The predicted octanol–water partition coefficient (Wildman–Crippen LogP) is 3.04. The summed E-state index contributed by atoms with van der Waals surface area (Å²) in [6.07, 6.45) is -0.201. The van der Waals surface area contributed by atoms with Gasteiger partial charge in [-0.15, -0.1) is 3.89 Å². The summed E-state index contributed by atoms with van der Waals surface area (Å²) >= 11 is 0. The first-order valence-corrected chi connectivity index (χ1v) is 8.84. The number of nitrogens with zero attached hydrogens (tertiary/aromatic N) is 1. The molecule has 2 aromatic rings. The number of hydrogen-bond donors (Lipinski definition) is 0. The molecule has 5 nitrogen and oxygen atoms in total. The Bertz CT molecular complexity index is 852. The molecule has 0 fully saturated rings. The van der Waals surface area contributed by atoms with E-state index < -0.39 is 16.3 Å². The number of rotatable bonds is 3. The van der Waals surface area contributed by atoms with Crippen molar-refractivity contribution in [2.75, 3.05) is 6.54 Å². The number of ether oxygens (including phenoxy) is 1. The van der Waals surface area contributed by atoms with E-state index in [1.54, 1.807) is 6.07 Å². The molecule has 126 valence electrons. The van der Waals surface area contributed by atoms with Crippen molar-refractivity contribution in [1.82, 2.24) is 4.90 Å². The molecule has 1 aliphatic rings. The molecule has 1 aliphatic heterocycles. The average Bonchev–Trinajstić information content (AvgIpc) is 2.58. The van der Waals surface area contributed by atoms with E-state index in [-0.39, 0.29) is 31.0 Å². The maximum Gasteiger partial charge on any atom is 0.410 e. The topological polar surface area (TPSA) is 63.7 Å². The van der Waals surface area contributed by atoms with Crippen molar-refractivity contribution in [2.24, 2.45) is 0 Å². The molecule has 0 atom stereocenters. The zero-order chi connectivity index (χ0) is 17.2. The standard InChI is InChI=1S/C17H16FNO4S/c18-24(21,22)16-8-4-7-14-11-19(10-9-15(14)16)17(20)23-12-13-5-2-1-3-6-13/h1-8H,9-12H2. The minimum Gasteiger partial charge on any atom is -0.445 e. The molecule has 0 aliphatic carbocycles. The van der Waals surface area contributed by atoms with Gasteiger partial charge in [-0.25, -0.2) is 4.79 Å². The first-order chi connectivity index (χ1) is 11.4. The average molecular weight is 349 g/mol. The molecule has 0 aromatic heterocycles. The third-order valence-corrected chi connectivity index (χ3v) is 4.86. The third-order valence-electron chi connectivity index (χ3n) is 3.95. The highest BCUT2D eigenvalue weighted by molar-refractivity contribution is 7.86. The molecule has 0 bridgehead atoms. The van der Waals surface area contributed by atoms with Gasteiger partial charge in [0.1, 0.15) is 11.5 Å². The highest BCUT2D eigenvalue weighted by Crippen LogP contribution is 2.27. The van der Waals surface area contributed by atoms with Crippen LogP contribution in [0.25, 0.3) is 0 Å². The van der Waals surface area contributed by atoms with Crippen LogP contribution in [0.5, 0.6) is 0 Å². The second kappa shape index (κ2) is 6.60. The van der Waals surface area contributed by atoms with E-state index in [0.717, 1.165) is 5.56 Å². The van der Waals surface area contributed by atoms with Gasteiger partial charge in [-0.1, -0.05) is 42.5 Å². The van der Waals surface area contributed by atoms with Crippen molar-refractivity contribution in [3.8, 4) is 0 Å². The smallest absolute Gasteiger partial charge is 0.410 e. The van der Waals surface area contributed by atoms with Gasteiger partial charge in [0, 0.05) is 13.1 Å². The Labute approximate surface area is 139 Å². The van der Waals surface area contributed by atoms with Crippen molar-refractivity contribution in [3.05, 3.63) is 65.2 Å². The molecule has 2 aromatic carbocycles. The lowest BCUT2D eigenvalue weighted by Crippen LogP contribution is -2.36. The van der Waals surface area contributed by atoms with E-state index in [9.17, 15) is 17.1 Å². The lowest BCUT2D eigenvalue weighted by molar-refractivity contribution is 0.0917. The van der Waals surface area contributed by atoms with E-state index in [2.05, 4.69) is 0 Å².